The summed E-state index contributed by atoms with van der Waals surface area (Å²) in [4.78, 5) is 16.3. The lowest BCUT2D eigenvalue weighted by atomic mass is 10.2. The highest BCUT2D eigenvalue weighted by Crippen LogP contribution is 2.27. The van der Waals surface area contributed by atoms with Gasteiger partial charge < -0.3 is 14.2 Å². The lowest BCUT2D eigenvalue weighted by molar-refractivity contribution is -0.117. The molecule has 116 valence electrons. The Balaban J connectivity index is 1.99. The molecule has 0 saturated carbocycles. The van der Waals surface area contributed by atoms with Crippen LogP contribution in [-0.4, -0.2) is 24.1 Å². The van der Waals surface area contributed by atoms with E-state index in [1.165, 1.54) is 0 Å². The molecule has 0 aromatic rings. The number of hydroxylamine groups is 1. The van der Waals surface area contributed by atoms with Crippen molar-refractivity contribution in [3.63, 3.8) is 0 Å². The summed E-state index contributed by atoms with van der Waals surface area (Å²) in [6.45, 7) is 9.55. The second kappa shape index (κ2) is 6.83. The normalized spacial score (nSPS) is 16.9. The third kappa shape index (κ3) is 7.23. The minimum atomic E-state index is -0.575. The fourth-order valence-corrected chi connectivity index (χ4v) is 1.56. The zero-order chi connectivity index (χ0) is 15.2. The number of allylic oxidation sites excluding steroid dienone is 1. The quantitative estimate of drug-likeness (QED) is 0.600. The highest BCUT2D eigenvalue weighted by molar-refractivity contribution is 5.66. The van der Waals surface area contributed by atoms with Crippen LogP contribution in [0.3, 0.4) is 0 Å². The first kappa shape index (κ1) is 16.6. The van der Waals surface area contributed by atoms with Crippen molar-refractivity contribution >= 4 is 6.09 Å². The molecule has 1 aliphatic heterocycles. The second-order valence-electron chi connectivity index (χ2n) is 6.11. The van der Waals surface area contributed by atoms with Gasteiger partial charge >= 0.3 is 6.09 Å². The van der Waals surface area contributed by atoms with Gasteiger partial charge in [0.15, 0.2) is 0 Å². The van der Waals surface area contributed by atoms with E-state index in [1.54, 1.807) is 27.0 Å². The van der Waals surface area contributed by atoms with Gasteiger partial charge in [-0.05, 0) is 33.6 Å². The van der Waals surface area contributed by atoms with E-state index in [1.807, 2.05) is 13.8 Å². The molecule has 20 heavy (non-hydrogen) atoms. The van der Waals surface area contributed by atoms with E-state index < -0.39 is 17.5 Å². The highest BCUT2D eigenvalue weighted by atomic mass is 16.7. The molecule has 1 rings (SSSR count). The number of amides is 1. The summed E-state index contributed by atoms with van der Waals surface area (Å²) < 4.78 is 15.9. The van der Waals surface area contributed by atoms with Crippen LogP contribution in [0.5, 0.6) is 0 Å². The van der Waals surface area contributed by atoms with Crippen molar-refractivity contribution in [3.05, 3.63) is 12.0 Å². The number of ether oxygens (including phenoxy) is 3. The van der Waals surface area contributed by atoms with Crippen LogP contribution in [0.1, 0.15) is 53.9 Å². The average molecular weight is 287 g/mol. The van der Waals surface area contributed by atoms with Crippen molar-refractivity contribution in [3.8, 4) is 0 Å². The van der Waals surface area contributed by atoms with Gasteiger partial charge in [0.1, 0.15) is 17.6 Å². The van der Waals surface area contributed by atoms with Crippen molar-refractivity contribution in [2.45, 2.75) is 65.3 Å². The van der Waals surface area contributed by atoms with Gasteiger partial charge in [0.2, 0.25) is 5.79 Å². The van der Waals surface area contributed by atoms with Crippen LogP contribution >= 0.6 is 0 Å². The lowest BCUT2D eigenvalue weighted by Crippen LogP contribution is -2.32. The van der Waals surface area contributed by atoms with Gasteiger partial charge in [-0.1, -0.05) is 0 Å². The number of carbonyl (C=O) groups is 1. The molecule has 0 spiro atoms. The Morgan fingerprint density at radius 1 is 1.35 bits per heavy atom. The van der Waals surface area contributed by atoms with Crippen LogP contribution in [-0.2, 0) is 19.0 Å². The molecular weight excluding hydrogens is 262 g/mol. The molecule has 0 saturated heterocycles. The van der Waals surface area contributed by atoms with Gasteiger partial charge in [0.05, 0.1) is 6.61 Å². The van der Waals surface area contributed by atoms with Gasteiger partial charge in [-0.2, -0.15) is 5.48 Å². The maximum Gasteiger partial charge on any atom is 0.431 e. The zero-order valence-corrected chi connectivity index (χ0v) is 12.9. The molecule has 6 nitrogen and oxygen atoms in total. The van der Waals surface area contributed by atoms with E-state index in [0.717, 1.165) is 25.0 Å². The van der Waals surface area contributed by atoms with Crippen molar-refractivity contribution in [2.24, 2.45) is 0 Å². The fourth-order valence-electron chi connectivity index (χ4n) is 1.56. The largest absolute Gasteiger partial charge is 0.457 e. The Morgan fingerprint density at radius 3 is 2.60 bits per heavy atom. The first-order valence-electron chi connectivity index (χ1n) is 6.85. The highest BCUT2D eigenvalue weighted by Gasteiger charge is 2.26. The van der Waals surface area contributed by atoms with E-state index in [4.69, 9.17) is 19.0 Å². The van der Waals surface area contributed by atoms with Gasteiger partial charge in [0.25, 0.3) is 0 Å². The fraction of sp³-hybridized carbons (Fsp3) is 0.786. The molecule has 0 fully saturated rings. The molecular formula is C14H25NO5. The van der Waals surface area contributed by atoms with Crippen molar-refractivity contribution in [1.82, 2.24) is 5.48 Å². The number of rotatable bonds is 6. The smallest absolute Gasteiger partial charge is 0.431 e. The van der Waals surface area contributed by atoms with Crippen LogP contribution in [0.15, 0.2) is 12.0 Å². The van der Waals surface area contributed by atoms with Crippen LogP contribution in [0.4, 0.5) is 4.79 Å². The molecule has 0 aromatic carbocycles. The Morgan fingerprint density at radius 2 is 2.05 bits per heavy atom. The molecule has 1 N–H and O–H groups in total. The van der Waals surface area contributed by atoms with Gasteiger partial charge in [-0.3, -0.25) is 4.84 Å². The molecule has 6 heteroatoms. The molecule has 1 heterocycles. The van der Waals surface area contributed by atoms with E-state index in [2.05, 4.69) is 5.48 Å². The zero-order valence-electron chi connectivity index (χ0n) is 12.9. The molecule has 0 aromatic heterocycles. The summed E-state index contributed by atoms with van der Waals surface area (Å²) in [6, 6.07) is 0. The van der Waals surface area contributed by atoms with Crippen LogP contribution < -0.4 is 5.48 Å². The summed E-state index contributed by atoms with van der Waals surface area (Å²) in [5, 5.41) is 0. The average Bonchev–Trinajstić information content (AvgIpc) is 2.61. The van der Waals surface area contributed by atoms with Crippen molar-refractivity contribution < 1.29 is 23.8 Å². The van der Waals surface area contributed by atoms with E-state index in [9.17, 15) is 4.79 Å². The molecule has 0 radical (unpaired) electrons. The summed E-state index contributed by atoms with van der Waals surface area (Å²) in [6.07, 6.45) is 3.56. The summed E-state index contributed by atoms with van der Waals surface area (Å²) in [5.41, 5.74) is 1.73. The molecule has 1 amide bonds. The summed E-state index contributed by atoms with van der Waals surface area (Å²) in [7, 11) is 0. The Kier molecular flexibility index (Phi) is 5.68. The Hall–Kier alpha value is -1.43. The van der Waals surface area contributed by atoms with E-state index in [-0.39, 0.29) is 0 Å². The summed E-state index contributed by atoms with van der Waals surface area (Å²) >= 11 is 0. The second-order valence-corrected chi connectivity index (χ2v) is 6.11. The third-order valence-corrected chi connectivity index (χ3v) is 2.33. The van der Waals surface area contributed by atoms with E-state index in [0.29, 0.717) is 6.61 Å². The van der Waals surface area contributed by atoms with Gasteiger partial charge in [0, 0.05) is 20.3 Å². The number of hydrogen-bond acceptors (Lipinski definition) is 5. The Labute approximate surface area is 120 Å². The SMILES string of the molecule is CC(C)(C)OC(=O)NOCCCCC1=COC(C)(C)O1. The number of carbonyl (C=O) groups excluding carboxylic acids is 1. The molecule has 0 bridgehead atoms. The summed E-state index contributed by atoms with van der Waals surface area (Å²) in [5.74, 6) is 0.291. The molecule has 0 atom stereocenters. The van der Waals surface area contributed by atoms with Gasteiger partial charge in [-0.15, -0.1) is 0 Å². The molecule has 0 unspecified atom stereocenters. The van der Waals surface area contributed by atoms with Crippen LogP contribution in [0, 0.1) is 0 Å². The van der Waals surface area contributed by atoms with E-state index >= 15 is 0 Å². The standard InChI is InChI=1S/C14H25NO5/c1-13(2,3)20-12(16)15-18-9-7-6-8-11-10-17-14(4,5)19-11/h10H,6-9H2,1-5H3,(H,15,16). The van der Waals surface area contributed by atoms with Crippen LogP contribution in [0.2, 0.25) is 0 Å². The monoisotopic (exact) mass is 287 g/mol. The predicted octanol–water partition coefficient (Wildman–Crippen LogP) is 3.24. The maximum absolute atomic E-state index is 11.3. The number of unbranched alkanes of at least 4 members (excludes halogenated alkanes) is 1. The number of hydrogen-bond donors (Lipinski definition) is 1. The van der Waals surface area contributed by atoms with Crippen molar-refractivity contribution in [1.29, 1.82) is 0 Å². The molecule has 1 aliphatic rings. The van der Waals surface area contributed by atoms with Gasteiger partial charge in [-0.25, -0.2) is 4.79 Å². The third-order valence-electron chi connectivity index (χ3n) is 2.33. The predicted molar refractivity (Wildman–Crippen MR) is 73.5 cm³/mol. The number of nitrogens with one attached hydrogen (secondary N) is 1. The minimum Gasteiger partial charge on any atom is -0.457 e. The maximum atomic E-state index is 11.3. The van der Waals surface area contributed by atoms with Crippen molar-refractivity contribution in [2.75, 3.05) is 6.61 Å². The van der Waals surface area contributed by atoms with Crippen LogP contribution in [0.25, 0.3) is 0 Å². The topological polar surface area (TPSA) is 66.0 Å². The lowest BCUT2D eigenvalue weighted by Gasteiger charge is -2.19. The molecule has 0 aliphatic carbocycles. The Bertz CT molecular complexity index is 357. The minimum absolute atomic E-state index is 0.427. The first-order chi connectivity index (χ1) is 9.18. The first-order valence-corrected chi connectivity index (χ1v) is 6.85.